The summed E-state index contributed by atoms with van der Waals surface area (Å²) < 4.78 is 5.53. The third kappa shape index (κ3) is 2.04. The smallest absolute Gasteiger partial charge is 0.344 e. The van der Waals surface area contributed by atoms with Crippen LogP contribution in [0.4, 0.5) is 0 Å². The number of hydrogen-bond donors (Lipinski definition) is 1. The summed E-state index contributed by atoms with van der Waals surface area (Å²) in [6.45, 7) is 3.90. The average Bonchev–Trinajstić information content (AvgIpc) is 2.43. The summed E-state index contributed by atoms with van der Waals surface area (Å²) in [6, 6.07) is 13.5. The largest absolute Gasteiger partial charge is 0.422 e. The number of hydrogen-bond acceptors (Lipinski definition) is 3. The molecule has 0 radical (unpaired) electrons. The summed E-state index contributed by atoms with van der Waals surface area (Å²) >= 11 is 4.52. The third-order valence-electron chi connectivity index (χ3n) is 3.43. The maximum Gasteiger partial charge on any atom is 0.344 e. The second kappa shape index (κ2) is 4.84. The van der Waals surface area contributed by atoms with Crippen LogP contribution in [0.5, 0.6) is 0 Å². The molecule has 0 bridgehead atoms. The van der Waals surface area contributed by atoms with E-state index < -0.39 is 0 Å². The van der Waals surface area contributed by atoms with Crippen molar-refractivity contribution in [3.63, 3.8) is 0 Å². The van der Waals surface area contributed by atoms with Gasteiger partial charge in [0.25, 0.3) is 0 Å². The van der Waals surface area contributed by atoms with Gasteiger partial charge in [0.15, 0.2) is 0 Å². The molecule has 0 aliphatic heterocycles. The molecule has 0 aliphatic rings. The molecule has 3 rings (SSSR count). The first-order chi connectivity index (χ1) is 9.58. The van der Waals surface area contributed by atoms with Gasteiger partial charge in [0, 0.05) is 21.4 Å². The molecule has 3 heteroatoms. The highest BCUT2D eigenvalue weighted by molar-refractivity contribution is 7.80. The van der Waals surface area contributed by atoms with Crippen molar-refractivity contribution in [2.75, 3.05) is 0 Å². The van der Waals surface area contributed by atoms with Gasteiger partial charge in [-0.1, -0.05) is 30.3 Å². The van der Waals surface area contributed by atoms with E-state index in [0.717, 1.165) is 27.0 Å². The fourth-order valence-corrected chi connectivity index (χ4v) is 3.02. The summed E-state index contributed by atoms with van der Waals surface area (Å²) in [4.78, 5) is 13.0. The molecule has 2 aromatic carbocycles. The molecular weight excluding hydrogens is 268 g/mol. The van der Waals surface area contributed by atoms with Crippen LogP contribution in [0.1, 0.15) is 11.1 Å². The van der Waals surface area contributed by atoms with Crippen molar-refractivity contribution in [1.29, 1.82) is 0 Å². The van der Waals surface area contributed by atoms with Crippen molar-refractivity contribution in [2.45, 2.75) is 18.7 Å². The van der Waals surface area contributed by atoms with Gasteiger partial charge in [0.05, 0.1) is 5.39 Å². The number of thiol groups is 1. The molecule has 20 heavy (non-hydrogen) atoms. The minimum Gasteiger partial charge on any atom is -0.422 e. The van der Waals surface area contributed by atoms with Gasteiger partial charge in [0.2, 0.25) is 0 Å². The Balaban J connectivity index is 2.44. The molecule has 0 N–H and O–H groups in total. The van der Waals surface area contributed by atoms with Crippen molar-refractivity contribution in [3.05, 3.63) is 64.0 Å². The molecule has 0 fully saturated rings. The zero-order chi connectivity index (χ0) is 14.3. The maximum atomic E-state index is 12.2. The average molecular weight is 282 g/mol. The predicted molar refractivity (Wildman–Crippen MR) is 84.6 cm³/mol. The van der Waals surface area contributed by atoms with E-state index in [0.29, 0.717) is 11.1 Å². The number of rotatable bonds is 1. The van der Waals surface area contributed by atoms with Crippen LogP contribution in [0.3, 0.4) is 0 Å². The van der Waals surface area contributed by atoms with Crippen molar-refractivity contribution >= 4 is 23.4 Å². The Morgan fingerprint density at radius 2 is 1.75 bits per heavy atom. The second-order valence-electron chi connectivity index (χ2n) is 4.92. The normalized spacial score (nSPS) is 10.9. The zero-order valence-electron chi connectivity index (χ0n) is 11.3. The van der Waals surface area contributed by atoms with Crippen molar-refractivity contribution in [3.8, 4) is 11.3 Å². The van der Waals surface area contributed by atoms with Crippen LogP contribution in [0.25, 0.3) is 22.1 Å². The first-order valence-corrected chi connectivity index (χ1v) is 6.85. The lowest BCUT2D eigenvalue weighted by molar-refractivity contribution is 0.531. The number of fused-ring (bicyclic) bond motifs is 1. The highest BCUT2D eigenvalue weighted by Crippen LogP contribution is 2.31. The van der Waals surface area contributed by atoms with Gasteiger partial charge in [-0.15, -0.1) is 12.6 Å². The molecule has 3 aromatic rings. The Bertz CT molecular complexity index is 848. The van der Waals surface area contributed by atoms with Crippen LogP contribution in [0.2, 0.25) is 0 Å². The third-order valence-corrected chi connectivity index (χ3v) is 3.78. The minimum atomic E-state index is -0.316. The molecule has 0 spiro atoms. The Labute approximate surface area is 122 Å². The molecule has 0 saturated carbocycles. The summed E-state index contributed by atoms with van der Waals surface area (Å²) in [5.74, 6) is 0.613. The topological polar surface area (TPSA) is 30.2 Å². The summed E-state index contributed by atoms with van der Waals surface area (Å²) in [6.07, 6.45) is 0. The molecule has 0 saturated heterocycles. The maximum absolute atomic E-state index is 12.2. The van der Waals surface area contributed by atoms with Gasteiger partial charge in [-0.2, -0.15) is 0 Å². The van der Waals surface area contributed by atoms with E-state index in [1.165, 1.54) is 0 Å². The van der Waals surface area contributed by atoms with Gasteiger partial charge >= 0.3 is 5.63 Å². The van der Waals surface area contributed by atoms with Crippen LogP contribution in [-0.4, -0.2) is 0 Å². The van der Waals surface area contributed by atoms with Crippen LogP contribution >= 0.6 is 12.6 Å². The Kier molecular flexibility index (Phi) is 3.14. The van der Waals surface area contributed by atoms with Gasteiger partial charge < -0.3 is 4.42 Å². The SMILES string of the molecule is Cc1cc(S)c2c(C)c(-c3ccccc3)oc(=O)c2c1. The van der Waals surface area contributed by atoms with E-state index in [1.807, 2.05) is 56.3 Å². The van der Waals surface area contributed by atoms with Crippen LogP contribution in [-0.2, 0) is 0 Å². The molecule has 2 nitrogen and oxygen atoms in total. The van der Waals surface area contributed by atoms with Gasteiger partial charge in [-0.05, 0) is 31.5 Å². The Morgan fingerprint density at radius 3 is 2.45 bits per heavy atom. The predicted octanol–water partition coefficient (Wildman–Crippen LogP) is 4.37. The molecule has 0 unspecified atom stereocenters. The lowest BCUT2D eigenvalue weighted by atomic mass is 10.0. The van der Waals surface area contributed by atoms with Gasteiger partial charge in [0.1, 0.15) is 5.76 Å². The van der Waals surface area contributed by atoms with E-state index in [4.69, 9.17) is 4.42 Å². The van der Waals surface area contributed by atoms with Crippen LogP contribution < -0.4 is 5.63 Å². The van der Waals surface area contributed by atoms with Gasteiger partial charge in [-0.3, -0.25) is 0 Å². The fourth-order valence-electron chi connectivity index (χ4n) is 2.53. The Hall–Kier alpha value is -2.00. The second-order valence-corrected chi connectivity index (χ2v) is 5.40. The van der Waals surface area contributed by atoms with Crippen LogP contribution in [0.15, 0.2) is 56.6 Å². The molecule has 0 aliphatic carbocycles. The Morgan fingerprint density at radius 1 is 1.05 bits per heavy atom. The fraction of sp³-hybridized carbons (Fsp3) is 0.118. The number of benzene rings is 2. The first kappa shape index (κ1) is 13.0. The minimum absolute atomic E-state index is 0.316. The quantitative estimate of drug-likeness (QED) is 0.672. The van der Waals surface area contributed by atoms with E-state index >= 15 is 0 Å². The first-order valence-electron chi connectivity index (χ1n) is 6.40. The van der Waals surface area contributed by atoms with Crippen molar-refractivity contribution in [2.24, 2.45) is 0 Å². The summed E-state index contributed by atoms with van der Waals surface area (Å²) in [5.41, 5.74) is 2.53. The monoisotopic (exact) mass is 282 g/mol. The van der Waals surface area contributed by atoms with E-state index in [2.05, 4.69) is 12.6 Å². The molecule has 1 heterocycles. The summed E-state index contributed by atoms with van der Waals surface area (Å²) in [5, 5.41) is 1.46. The summed E-state index contributed by atoms with van der Waals surface area (Å²) in [7, 11) is 0. The molecule has 100 valence electrons. The van der Waals surface area contributed by atoms with Gasteiger partial charge in [-0.25, -0.2) is 4.79 Å². The van der Waals surface area contributed by atoms with E-state index in [1.54, 1.807) is 0 Å². The van der Waals surface area contributed by atoms with Crippen LogP contribution in [0, 0.1) is 13.8 Å². The standard InChI is InChI=1S/C17H14O2S/c1-10-8-13-15(14(20)9-10)11(2)16(19-17(13)18)12-6-4-3-5-7-12/h3-9,20H,1-2H3. The highest BCUT2D eigenvalue weighted by atomic mass is 32.1. The zero-order valence-corrected chi connectivity index (χ0v) is 12.2. The van der Waals surface area contributed by atoms with E-state index in [-0.39, 0.29) is 5.63 Å². The molecule has 0 amide bonds. The highest BCUT2D eigenvalue weighted by Gasteiger charge is 2.14. The van der Waals surface area contributed by atoms with Crippen molar-refractivity contribution in [1.82, 2.24) is 0 Å². The van der Waals surface area contributed by atoms with Crippen molar-refractivity contribution < 1.29 is 4.42 Å². The number of aryl methyl sites for hydroxylation is 2. The van der Waals surface area contributed by atoms with E-state index in [9.17, 15) is 4.79 Å². The molecular formula is C17H14O2S. The molecule has 0 atom stereocenters. The molecule has 1 aromatic heterocycles. The lowest BCUT2D eigenvalue weighted by Crippen LogP contribution is -2.04. The lowest BCUT2D eigenvalue weighted by Gasteiger charge is -2.10.